The topological polar surface area (TPSA) is 20.3 Å². The predicted molar refractivity (Wildman–Crippen MR) is 168 cm³/mol. The maximum atomic E-state index is 12.2. The molecule has 0 aliphatic heterocycles. The van der Waals surface area contributed by atoms with Gasteiger partial charge in [-0.05, 0) is 45.1 Å². The zero-order chi connectivity index (χ0) is 28.1. The number of benzene rings is 2. The van der Waals surface area contributed by atoms with Crippen LogP contribution in [0.3, 0.4) is 0 Å². The quantitative estimate of drug-likeness (QED) is 0.288. The van der Waals surface area contributed by atoms with Crippen molar-refractivity contribution in [2.45, 2.75) is 100 Å². The summed E-state index contributed by atoms with van der Waals surface area (Å²) in [5.74, 6) is 2.33. The molecule has 37 heavy (non-hydrogen) atoms. The minimum absolute atomic E-state index is 0.171. The van der Waals surface area contributed by atoms with Crippen molar-refractivity contribution in [1.82, 2.24) is 4.90 Å². The normalized spacial score (nSPS) is 13.2. The van der Waals surface area contributed by atoms with E-state index in [0.717, 1.165) is 29.4 Å². The number of allylic oxidation sites excluding steroid dienone is 2. The van der Waals surface area contributed by atoms with Crippen molar-refractivity contribution in [3.63, 3.8) is 0 Å². The van der Waals surface area contributed by atoms with Crippen molar-refractivity contribution in [1.29, 1.82) is 0 Å². The van der Waals surface area contributed by atoms with Crippen LogP contribution in [-0.4, -0.2) is 23.8 Å². The molecule has 3 rings (SSSR count). The summed E-state index contributed by atoms with van der Waals surface area (Å²) in [7, 11) is 0. The molecular formula is C34H55NOS. The highest BCUT2D eigenvalue weighted by molar-refractivity contribution is 8.03. The van der Waals surface area contributed by atoms with Crippen LogP contribution >= 0.6 is 11.8 Å². The van der Waals surface area contributed by atoms with Crippen molar-refractivity contribution >= 4 is 17.5 Å². The van der Waals surface area contributed by atoms with Crippen LogP contribution in [0.4, 0.5) is 0 Å². The molecule has 2 aromatic rings. The van der Waals surface area contributed by atoms with Crippen LogP contribution in [0.25, 0.3) is 0 Å². The molecule has 0 heterocycles. The van der Waals surface area contributed by atoms with Gasteiger partial charge in [-0.3, -0.25) is 4.79 Å². The first kappa shape index (κ1) is 35.0. The summed E-state index contributed by atoms with van der Waals surface area (Å²) in [5.41, 5.74) is 3.71. The molecule has 1 saturated carbocycles. The second-order valence-corrected chi connectivity index (χ2v) is 10.8. The van der Waals surface area contributed by atoms with Gasteiger partial charge in [-0.25, -0.2) is 0 Å². The van der Waals surface area contributed by atoms with Gasteiger partial charge in [-0.2, -0.15) is 0 Å². The van der Waals surface area contributed by atoms with Crippen LogP contribution in [0.5, 0.6) is 0 Å². The summed E-state index contributed by atoms with van der Waals surface area (Å²) in [4.78, 5) is 15.5. The number of rotatable bonds is 10. The van der Waals surface area contributed by atoms with Gasteiger partial charge in [0.2, 0.25) is 0 Å². The maximum absolute atomic E-state index is 12.2. The minimum Gasteiger partial charge on any atom is -0.374 e. The Morgan fingerprint density at radius 3 is 1.68 bits per heavy atom. The van der Waals surface area contributed by atoms with E-state index >= 15 is 0 Å². The summed E-state index contributed by atoms with van der Waals surface area (Å²) < 4.78 is 0. The number of carbonyl (C=O) groups excluding carboxylic acids is 1. The van der Waals surface area contributed by atoms with Crippen molar-refractivity contribution in [3.05, 3.63) is 82.4 Å². The third-order valence-corrected chi connectivity index (χ3v) is 7.94. The number of hydrogen-bond donors (Lipinski definition) is 0. The lowest BCUT2D eigenvalue weighted by molar-refractivity contribution is -0.113. The molecule has 0 saturated heterocycles. The van der Waals surface area contributed by atoms with Crippen molar-refractivity contribution in [3.8, 4) is 0 Å². The number of hydrogen-bond acceptors (Lipinski definition) is 3. The molecule has 208 valence electrons. The van der Waals surface area contributed by atoms with Gasteiger partial charge in [0.05, 0.1) is 4.91 Å². The molecule has 2 nitrogen and oxygen atoms in total. The Kier molecular flexibility index (Phi) is 20.8. The van der Waals surface area contributed by atoms with Crippen LogP contribution in [0, 0.1) is 18.8 Å². The molecule has 0 amide bonds. The Labute approximate surface area is 234 Å². The second kappa shape index (κ2) is 22.0. The Morgan fingerprint density at radius 1 is 0.865 bits per heavy atom. The molecular weight excluding hydrogens is 470 g/mol. The van der Waals surface area contributed by atoms with E-state index in [-0.39, 0.29) is 5.78 Å². The fourth-order valence-electron chi connectivity index (χ4n) is 3.72. The van der Waals surface area contributed by atoms with Crippen LogP contribution in [0.1, 0.15) is 98.6 Å². The van der Waals surface area contributed by atoms with Gasteiger partial charge >= 0.3 is 0 Å². The van der Waals surface area contributed by atoms with E-state index in [4.69, 9.17) is 0 Å². The van der Waals surface area contributed by atoms with E-state index in [1.165, 1.54) is 43.2 Å². The van der Waals surface area contributed by atoms with Crippen molar-refractivity contribution in [2.75, 3.05) is 13.1 Å². The van der Waals surface area contributed by atoms with Gasteiger partial charge in [-0.15, -0.1) is 11.8 Å². The van der Waals surface area contributed by atoms with E-state index in [1.54, 1.807) is 18.7 Å². The van der Waals surface area contributed by atoms with Gasteiger partial charge in [0.25, 0.3) is 0 Å². The Hall–Kier alpha value is -2.00. The summed E-state index contributed by atoms with van der Waals surface area (Å²) in [6.07, 6.45) is 7.17. The average molecular weight is 526 g/mol. The zero-order valence-corrected chi connectivity index (χ0v) is 26.2. The van der Waals surface area contributed by atoms with Gasteiger partial charge < -0.3 is 4.90 Å². The lowest BCUT2D eigenvalue weighted by Gasteiger charge is -2.31. The third-order valence-electron chi connectivity index (χ3n) is 6.59. The Bertz CT molecular complexity index is 837. The molecule has 2 aromatic carbocycles. The van der Waals surface area contributed by atoms with Crippen LogP contribution in [0.2, 0.25) is 0 Å². The number of thioether (sulfide) groups is 1. The molecule has 1 aliphatic rings. The number of ketones is 1. The SMILES string of the molecule is C1CCC1.CC.CCC(CN(CC)/C(C)=C(\SCc1ccccc1)C(C)=O)C(C)C.Cc1ccccc1. The largest absolute Gasteiger partial charge is 0.374 e. The third kappa shape index (κ3) is 15.8. The fraction of sp³-hybridized carbons (Fsp3) is 0.559. The van der Waals surface area contributed by atoms with Crippen molar-refractivity contribution in [2.24, 2.45) is 11.8 Å². The summed E-state index contributed by atoms with van der Waals surface area (Å²) >= 11 is 1.67. The van der Waals surface area contributed by atoms with E-state index in [2.05, 4.69) is 70.7 Å². The highest BCUT2D eigenvalue weighted by atomic mass is 32.2. The number of nitrogens with zero attached hydrogens (tertiary/aromatic N) is 1. The number of carbonyl (C=O) groups is 1. The molecule has 1 atom stereocenters. The van der Waals surface area contributed by atoms with Crippen LogP contribution in [-0.2, 0) is 10.5 Å². The number of aryl methyl sites for hydroxylation is 1. The minimum atomic E-state index is 0.171. The van der Waals surface area contributed by atoms with E-state index in [1.807, 2.05) is 50.2 Å². The van der Waals surface area contributed by atoms with Crippen molar-refractivity contribution < 1.29 is 4.79 Å². The Morgan fingerprint density at radius 2 is 1.35 bits per heavy atom. The monoisotopic (exact) mass is 525 g/mol. The lowest BCUT2D eigenvalue weighted by Crippen LogP contribution is -2.31. The second-order valence-electron chi connectivity index (χ2n) is 9.76. The highest BCUT2D eigenvalue weighted by Crippen LogP contribution is 2.28. The predicted octanol–water partition coefficient (Wildman–Crippen LogP) is 10.3. The molecule has 1 aliphatic carbocycles. The molecule has 0 aromatic heterocycles. The summed E-state index contributed by atoms with van der Waals surface area (Å²) in [6.45, 7) is 20.9. The molecule has 1 fully saturated rings. The van der Waals surface area contributed by atoms with Gasteiger partial charge in [0.1, 0.15) is 0 Å². The molecule has 3 heteroatoms. The summed E-state index contributed by atoms with van der Waals surface area (Å²) in [6, 6.07) is 20.6. The van der Waals surface area contributed by atoms with Crippen LogP contribution < -0.4 is 0 Å². The fourth-order valence-corrected chi connectivity index (χ4v) is 4.76. The average Bonchev–Trinajstić information content (AvgIpc) is 2.86. The molecule has 0 bridgehead atoms. The van der Waals surface area contributed by atoms with Gasteiger partial charge in [0.15, 0.2) is 5.78 Å². The lowest BCUT2D eigenvalue weighted by atomic mass is 9.92. The van der Waals surface area contributed by atoms with E-state index < -0.39 is 0 Å². The smallest absolute Gasteiger partial charge is 0.167 e. The first-order valence-corrected chi connectivity index (χ1v) is 15.4. The molecule has 0 N–H and O–H groups in total. The first-order valence-electron chi connectivity index (χ1n) is 14.4. The first-order chi connectivity index (χ1) is 17.8. The van der Waals surface area contributed by atoms with Gasteiger partial charge in [0, 0.05) is 24.5 Å². The zero-order valence-electron chi connectivity index (χ0n) is 25.3. The van der Waals surface area contributed by atoms with Crippen LogP contribution in [0.15, 0.2) is 71.3 Å². The van der Waals surface area contributed by atoms with E-state index in [9.17, 15) is 4.79 Å². The standard InChI is InChI=1S/C21H33NOS.C7H8.C4H8.C2H6/c1-7-20(16(3)4)14-22(8-2)17(5)21(18(6)23)24-15-19-12-10-9-11-13-19;1-7-5-3-2-4-6-7;1-2-4-3-1;1-2/h9-13,16,20H,7-8,14-15H2,1-6H3;2-6H,1H3;1-4H2;1-2H3/b21-17-;;;. The Balaban J connectivity index is 0.000000803. The molecule has 1 unspecified atom stereocenters. The molecule has 0 spiro atoms. The molecule has 0 radical (unpaired) electrons. The summed E-state index contributed by atoms with van der Waals surface area (Å²) in [5, 5.41) is 0. The highest BCUT2D eigenvalue weighted by Gasteiger charge is 2.19. The van der Waals surface area contributed by atoms with E-state index in [0.29, 0.717) is 11.8 Å². The van der Waals surface area contributed by atoms with Gasteiger partial charge in [-0.1, -0.05) is 133 Å². The number of Topliss-reactive ketones (excluding diaryl/α,β-unsaturated/α-hetero) is 1. The maximum Gasteiger partial charge on any atom is 0.167 e.